The van der Waals surface area contributed by atoms with Crippen molar-refractivity contribution >= 4 is 0 Å². The molecule has 1 saturated carbocycles. The standard InChI is InChI=1S/C13H19N/c1-10(2)8-13(14)9-12(13)11-6-4-3-5-7-11/h3-7,10,12H,8-9,14H2,1-2H3/t12-,13-/m1/s1. The van der Waals surface area contributed by atoms with Crippen LogP contribution in [0.5, 0.6) is 0 Å². The largest absolute Gasteiger partial charge is 0.325 e. The first-order chi connectivity index (χ1) is 6.62. The van der Waals surface area contributed by atoms with Gasteiger partial charge in [0.15, 0.2) is 0 Å². The van der Waals surface area contributed by atoms with Gasteiger partial charge in [0.25, 0.3) is 0 Å². The fraction of sp³-hybridized carbons (Fsp3) is 0.538. The van der Waals surface area contributed by atoms with E-state index in [0.29, 0.717) is 11.8 Å². The predicted octanol–water partition coefficient (Wildman–Crippen LogP) is 2.92. The van der Waals surface area contributed by atoms with Crippen molar-refractivity contribution in [3.8, 4) is 0 Å². The molecule has 0 heterocycles. The lowest BCUT2D eigenvalue weighted by Gasteiger charge is -2.14. The summed E-state index contributed by atoms with van der Waals surface area (Å²) in [5, 5.41) is 0. The molecule has 0 aliphatic heterocycles. The van der Waals surface area contributed by atoms with Crippen molar-refractivity contribution in [3.63, 3.8) is 0 Å². The zero-order valence-electron chi connectivity index (χ0n) is 9.03. The highest BCUT2D eigenvalue weighted by Gasteiger charge is 2.51. The second kappa shape index (κ2) is 3.39. The Bertz CT molecular complexity index is 304. The average Bonchev–Trinajstić information content (AvgIpc) is 2.77. The van der Waals surface area contributed by atoms with Crippen molar-refractivity contribution in [1.82, 2.24) is 0 Å². The number of nitrogens with two attached hydrogens (primary N) is 1. The van der Waals surface area contributed by atoms with Gasteiger partial charge in [0.2, 0.25) is 0 Å². The Hall–Kier alpha value is -0.820. The van der Waals surface area contributed by atoms with Gasteiger partial charge in [-0.15, -0.1) is 0 Å². The molecule has 1 heteroatoms. The molecule has 1 aliphatic rings. The summed E-state index contributed by atoms with van der Waals surface area (Å²) in [5.41, 5.74) is 7.83. The van der Waals surface area contributed by atoms with Gasteiger partial charge in [-0.05, 0) is 24.3 Å². The van der Waals surface area contributed by atoms with Crippen molar-refractivity contribution in [2.45, 2.75) is 38.1 Å². The quantitative estimate of drug-likeness (QED) is 0.777. The molecule has 0 unspecified atom stereocenters. The first-order valence-corrected chi connectivity index (χ1v) is 5.46. The van der Waals surface area contributed by atoms with E-state index in [1.54, 1.807) is 0 Å². The SMILES string of the molecule is CC(C)C[C@@]1(N)C[C@@H]1c1ccccc1. The highest BCUT2D eigenvalue weighted by molar-refractivity contribution is 5.32. The molecular weight excluding hydrogens is 170 g/mol. The van der Waals surface area contributed by atoms with E-state index in [-0.39, 0.29) is 5.54 Å². The molecule has 1 aromatic carbocycles. The molecule has 2 N–H and O–H groups in total. The minimum atomic E-state index is 0.0928. The lowest BCUT2D eigenvalue weighted by atomic mass is 9.98. The molecule has 0 aromatic heterocycles. The Morgan fingerprint density at radius 1 is 1.36 bits per heavy atom. The van der Waals surface area contributed by atoms with Crippen LogP contribution in [-0.2, 0) is 0 Å². The third-order valence-electron chi connectivity index (χ3n) is 3.11. The van der Waals surface area contributed by atoms with Crippen molar-refractivity contribution in [1.29, 1.82) is 0 Å². The first kappa shape index (κ1) is 9.72. The van der Waals surface area contributed by atoms with Crippen molar-refractivity contribution in [3.05, 3.63) is 35.9 Å². The monoisotopic (exact) mass is 189 g/mol. The average molecular weight is 189 g/mol. The highest BCUT2D eigenvalue weighted by atomic mass is 14.9. The van der Waals surface area contributed by atoms with Gasteiger partial charge in [0.1, 0.15) is 0 Å². The second-order valence-electron chi connectivity index (χ2n) is 5.00. The van der Waals surface area contributed by atoms with Gasteiger partial charge in [-0.1, -0.05) is 44.2 Å². The Morgan fingerprint density at radius 3 is 2.57 bits per heavy atom. The lowest BCUT2D eigenvalue weighted by molar-refractivity contribution is 0.474. The summed E-state index contributed by atoms with van der Waals surface area (Å²) < 4.78 is 0. The van der Waals surface area contributed by atoms with Crippen molar-refractivity contribution in [2.75, 3.05) is 0 Å². The minimum absolute atomic E-state index is 0.0928. The number of rotatable bonds is 3. The van der Waals surface area contributed by atoms with Crippen LogP contribution in [0.25, 0.3) is 0 Å². The van der Waals surface area contributed by atoms with E-state index in [1.165, 1.54) is 5.56 Å². The summed E-state index contributed by atoms with van der Waals surface area (Å²) in [4.78, 5) is 0. The predicted molar refractivity (Wildman–Crippen MR) is 60.2 cm³/mol. The van der Waals surface area contributed by atoms with Crippen LogP contribution in [-0.4, -0.2) is 5.54 Å². The van der Waals surface area contributed by atoms with Crippen LogP contribution in [0.15, 0.2) is 30.3 Å². The van der Waals surface area contributed by atoms with E-state index in [2.05, 4.69) is 44.2 Å². The Balaban J connectivity index is 2.05. The topological polar surface area (TPSA) is 26.0 Å². The second-order valence-corrected chi connectivity index (χ2v) is 5.00. The molecule has 0 spiro atoms. The molecule has 0 saturated heterocycles. The maximum Gasteiger partial charge on any atom is 0.0233 e. The highest BCUT2D eigenvalue weighted by Crippen LogP contribution is 2.52. The Kier molecular flexibility index (Phi) is 2.36. The van der Waals surface area contributed by atoms with Gasteiger partial charge in [-0.2, -0.15) is 0 Å². The number of hydrogen-bond acceptors (Lipinski definition) is 1. The fourth-order valence-electron chi connectivity index (χ4n) is 2.44. The zero-order valence-corrected chi connectivity index (χ0v) is 9.03. The van der Waals surface area contributed by atoms with Crippen LogP contribution in [0, 0.1) is 5.92 Å². The Labute approximate surface area is 86.3 Å². The summed E-state index contributed by atoms with van der Waals surface area (Å²) in [7, 11) is 0. The number of hydrogen-bond donors (Lipinski definition) is 1. The van der Waals surface area contributed by atoms with Gasteiger partial charge in [-0.3, -0.25) is 0 Å². The molecule has 2 rings (SSSR count). The van der Waals surface area contributed by atoms with Crippen molar-refractivity contribution in [2.24, 2.45) is 11.7 Å². The molecule has 14 heavy (non-hydrogen) atoms. The van der Waals surface area contributed by atoms with Gasteiger partial charge >= 0.3 is 0 Å². The third kappa shape index (κ3) is 1.83. The smallest absolute Gasteiger partial charge is 0.0233 e. The fourth-order valence-corrected chi connectivity index (χ4v) is 2.44. The van der Waals surface area contributed by atoms with Crippen LogP contribution < -0.4 is 5.73 Å². The van der Waals surface area contributed by atoms with Crippen LogP contribution in [0.4, 0.5) is 0 Å². The molecule has 1 aromatic rings. The molecule has 0 amide bonds. The molecule has 76 valence electrons. The van der Waals surface area contributed by atoms with Crippen LogP contribution in [0.3, 0.4) is 0 Å². The van der Waals surface area contributed by atoms with Gasteiger partial charge in [0, 0.05) is 11.5 Å². The summed E-state index contributed by atoms with van der Waals surface area (Å²) >= 11 is 0. The normalized spacial score (nSPS) is 30.7. The molecule has 1 aliphatic carbocycles. The summed E-state index contributed by atoms with van der Waals surface area (Å²) in [5.74, 6) is 1.31. The van der Waals surface area contributed by atoms with Crippen LogP contribution in [0.1, 0.15) is 38.2 Å². The first-order valence-electron chi connectivity index (χ1n) is 5.46. The Morgan fingerprint density at radius 2 is 2.00 bits per heavy atom. The van der Waals surface area contributed by atoms with Gasteiger partial charge in [0.05, 0.1) is 0 Å². The van der Waals surface area contributed by atoms with E-state index in [4.69, 9.17) is 5.73 Å². The maximum absolute atomic E-state index is 6.32. The van der Waals surface area contributed by atoms with E-state index in [9.17, 15) is 0 Å². The zero-order chi connectivity index (χ0) is 10.2. The lowest BCUT2D eigenvalue weighted by Crippen LogP contribution is -2.26. The van der Waals surface area contributed by atoms with Gasteiger partial charge < -0.3 is 5.73 Å². The van der Waals surface area contributed by atoms with Crippen LogP contribution >= 0.6 is 0 Å². The molecule has 0 bridgehead atoms. The minimum Gasteiger partial charge on any atom is -0.325 e. The molecule has 1 nitrogen and oxygen atoms in total. The molecule has 0 radical (unpaired) electrons. The summed E-state index contributed by atoms with van der Waals surface area (Å²) in [6.07, 6.45) is 2.31. The molecular formula is C13H19N. The summed E-state index contributed by atoms with van der Waals surface area (Å²) in [6, 6.07) is 10.7. The maximum atomic E-state index is 6.32. The van der Waals surface area contributed by atoms with E-state index < -0.39 is 0 Å². The van der Waals surface area contributed by atoms with Crippen LogP contribution in [0.2, 0.25) is 0 Å². The van der Waals surface area contributed by atoms with E-state index >= 15 is 0 Å². The third-order valence-corrected chi connectivity index (χ3v) is 3.11. The molecule has 2 atom stereocenters. The van der Waals surface area contributed by atoms with Gasteiger partial charge in [-0.25, -0.2) is 0 Å². The van der Waals surface area contributed by atoms with E-state index in [1.807, 2.05) is 0 Å². The van der Waals surface area contributed by atoms with E-state index in [0.717, 1.165) is 12.8 Å². The van der Waals surface area contributed by atoms with Crippen molar-refractivity contribution < 1.29 is 0 Å². The summed E-state index contributed by atoms with van der Waals surface area (Å²) in [6.45, 7) is 4.49. The molecule has 1 fully saturated rings. The number of benzene rings is 1.